The molecule has 1 aliphatic carbocycles. The summed E-state index contributed by atoms with van der Waals surface area (Å²) in [5.41, 5.74) is 1.65. The van der Waals surface area contributed by atoms with E-state index in [9.17, 15) is 9.59 Å². The molecule has 0 spiro atoms. The third kappa shape index (κ3) is 6.37. The Kier molecular flexibility index (Phi) is 6.46. The van der Waals surface area contributed by atoms with Crippen molar-refractivity contribution in [3.63, 3.8) is 0 Å². The van der Waals surface area contributed by atoms with Gasteiger partial charge in [-0.2, -0.15) is 0 Å². The zero-order valence-electron chi connectivity index (χ0n) is 12.9. The molecule has 116 valence electrons. The first-order valence-corrected chi connectivity index (χ1v) is 7.54. The molecule has 0 bridgehead atoms. The maximum absolute atomic E-state index is 11.9. The summed E-state index contributed by atoms with van der Waals surface area (Å²) in [5.74, 6) is 4.78. The Labute approximate surface area is 121 Å². The van der Waals surface area contributed by atoms with Gasteiger partial charge < -0.3 is 4.74 Å². The zero-order chi connectivity index (χ0) is 15.2. The Morgan fingerprint density at radius 1 is 1.25 bits per heavy atom. The monoisotopic (exact) mass is 284 g/mol. The summed E-state index contributed by atoms with van der Waals surface area (Å²) in [7, 11) is 0. The molecule has 5 heteroatoms. The number of carbonyl (C=O) groups excluding carboxylic acids is 2. The lowest BCUT2D eigenvalue weighted by molar-refractivity contribution is -0.157. The number of hydrogen-bond acceptors (Lipinski definition) is 4. The van der Waals surface area contributed by atoms with Gasteiger partial charge in [0.15, 0.2) is 0 Å². The normalized spacial score (nSPS) is 18.4. The summed E-state index contributed by atoms with van der Waals surface area (Å²) >= 11 is 0. The fourth-order valence-electron chi connectivity index (χ4n) is 2.81. The second-order valence-corrected chi connectivity index (χ2v) is 6.74. The van der Waals surface area contributed by atoms with Crippen LogP contribution in [-0.4, -0.2) is 17.5 Å². The fourth-order valence-corrected chi connectivity index (χ4v) is 2.81. The standard InChI is InChI=1S/C15H28N2O3/c1-15(2,3)20-13(18)10-12(14(19)17-16)9-11-7-5-4-6-8-11/h11-12H,4-10,16H2,1-3H3,(H,17,19). The van der Waals surface area contributed by atoms with Crippen LogP contribution < -0.4 is 11.3 Å². The highest BCUT2D eigenvalue weighted by Gasteiger charge is 2.28. The molecule has 5 nitrogen and oxygen atoms in total. The molecule has 0 aromatic rings. The molecular weight excluding hydrogens is 256 g/mol. The number of esters is 1. The Bertz CT molecular complexity index is 331. The van der Waals surface area contributed by atoms with E-state index in [1.807, 2.05) is 20.8 Å². The molecule has 0 aromatic heterocycles. The van der Waals surface area contributed by atoms with Gasteiger partial charge in [0.05, 0.1) is 6.42 Å². The lowest BCUT2D eigenvalue weighted by Crippen LogP contribution is -2.38. The van der Waals surface area contributed by atoms with Crippen molar-refractivity contribution >= 4 is 11.9 Å². The van der Waals surface area contributed by atoms with Crippen molar-refractivity contribution in [1.82, 2.24) is 5.43 Å². The van der Waals surface area contributed by atoms with Crippen LogP contribution in [0.25, 0.3) is 0 Å². The molecule has 1 atom stereocenters. The molecule has 1 fully saturated rings. The average molecular weight is 284 g/mol. The maximum atomic E-state index is 11.9. The van der Waals surface area contributed by atoms with E-state index in [1.165, 1.54) is 19.3 Å². The Morgan fingerprint density at radius 2 is 1.85 bits per heavy atom. The lowest BCUT2D eigenvalue weighted by atomic mass is 9.81. The number of nitrogens with two attached hydrogens (primary N) is 1. The molecule has 0 aliphatic heterocycles. The van der Waals surface area contributed by atoms with Gasteiger partial charge in [0, 0.05) is 5.92 Å². The molecular formula is C15H28N2O3. The van der Waals surface area contributed by atoms with Crippen molar-refractivity contribution in [3.05, 3.63) is 0 Å². The first-order valence-electron chi connectivity index (χ1n) is 7.54. The highest BCUT2D eigenvalue weighted by atomic mass is 16.6. The first kappa shape index (κ1) is 17.0. The highest BCUT2D eigenvalue weighted by Crippen LogP contribution is 2.30. The summed E-state index contributed by atoms with van der Waals surface area (Å²) in [4.78, 5) is 23.7. The molecule has 0 aromatic carbocycles. The van der Waals surface area contributed by atoms with Crippen LogP contribution >= 0.6 is 0 Å². The number of rotatable bonds is 5. The second kappa shape index (κ2) is 7.62. The first-order chi connectivity index (χ1) is 9.31. The van der Waals surface area contributed by atoms with Gasteiger partial charge in [0.1, 0.15) is 5.60 Å². The SMILES string of the molecule is CC(C)(C)OC(=O)CC(CC1CCCCC1)C(=O)NN. The largest absolute Gasteiger partial charge is 0.460 e. The van der Waals surface area contributed by atoms with Crippen LogP contribution in [0.1, 0.15) is 65.7 Å². The summed E-state index contributed by atoms with van der Waals surface area (Å²) in [6.45, 7) is 5.47. The summed E-state index contributed by atoms with van der Waals surface area (Å²) < 4.78 is 5.29. The number of ether oxygens (including phenoxy) is 1. The number of nitrogens with one attached hydrogen (secondary N) is 1. The van der Waals surface area contributed by atoms with Crippen molar-refractivity contribution in [2.24, 2.45) is 17.7 Å². The van der Waals surface area contributed by atoms with E-state index in [-0.39, 0.29) is 24.2 Å². The molecule has 1 amide bonds. The van der Waals surface area contributed by atoms with Gasteiger partial charge in [0.2, 0.25) is 5.91 Å². The minimum atomic E-state index is -0.522. The van der Waals surface area contributed by atoms with Gasteiger partial charge in [-0.1, -0.05) is 32.1 Å². The lowest BCUT2D eigenvalue weighted by Gasteiger charge is -2.26. The topological polar surface area (TPSA) is 81.4 Å². The summed E-state index contributed by atoms with van der Waals surface area (Å²) in [5, 5.41) is 0. The number of hydrazine groups is 1. The molecule has 3 N–H and O–H groups in total. The van der Waals surface area contributed by atoms with Gasteiger partial charge in [-0.25, -0.2) is 5.84 Å². The van der Waals surface area contributed by atoms with E-state index in [0.29, 0.717) is 5.92 Å². The smallest absolute Gasteiger partial charge is 0.307 e. The molecule has 0 radical (unpaired) electrons. The Hall–Kier alpha value is -1.10. The van der Waals surface area contributed by atoms with E-state index in [0.717, 1.165) is 19.3 Å². The predicted molar refractivity (Wildman–Crippen MR) is 77.5 cm³/mol. The van der Waals surface area contributed by atoms with Crippen LogP contribution in [0, 0.1) is 11.8 Å². The van der Waals surface area contributed by atoms with Gasteiger partial charge in [-0.15, -0.1) is 0 Å². The number of amides is 1. The third-order valence-corrected chi connectivity index (χ3v) is 3.69. The van der Waals surface area contributed by atoms with Crippen LogP contribution in [0.2, 0.25) is 0 Å². The molecule has 1 aliphatic rings. The van der Waals surface area contributed by atoms with Gasteiger partial charge >= 0.3 is 5.97 Å². The van der Waals surface area contributed by atoms with Crippen LogP contribution in [-0.2, 0) is 14.3 Å². The summed E-state index contributed by atoms with van der Waals surface area (Å²) in [6.07, 6.45) is 6.82. The third-order valence-electron chi connectivity index (χ3n) is 3.69. The van der Waals surface area contributed by atoms with Crippen LogP contribution in [0.15, 0.2) is 0 Å². The van der Waals surface area contributed by atoms with E-state index in [1.54, 1.807) is 0 Å². The van der Waals surface area contributed by atoms with Gasteiger partial charge in [0.25, 0.3) is 0 Å². The zero-order valence-corrected chi connectivity index (χ0v) is 12.9. The minimum Gasteiger partial charge on any atom is -0.460 e. The van der Waals surface area contributed by atoms with E-state index in [2.05, 4.69) is 5.43 Å². The van der Waals surface area contributed by atoms with Gasteiger partial charge in [-0.3, -0.25) is 15.0 Å². The van der Waals surface area contributed by atoms with E-state index < -0.39 is 5.60 Å². The molecule has 1 saturated carbocycles. The molecule has 1 unspecified atom stereocenters. The van der Waals surface area contributed by atoms with E-state index in [4.69, 9.17) is 10.6 Å². The Balaban J connectivity index is 2.55. The van der Waals surface area contributed by atoms with Crippen molar-refractivity contribution in [1.29, 1.82) is 0 Å². The molecule has 0 heterocycles. The van der Waals surface area contributed by atoms with Gasteiger partial charge in [-0.05, 0) is 33.1 Å². The fraction of sp³-hybridized carbons (Fsp3) is 0.867. The summed E-state index contributed by atoms with van der Waals surface area (Å²) in [6, 6.07) is 0. The molecule has 1 rings (SSSR count). The van der Waals surface area contributed by atoms with Crippen LogP contribution in [0.3, 0.4) is 0 Å². The number of carbonyl (C=O) groups is 2. The van der Waals surface area contributed by atoms with E-state index >= 15 is 0 Å². The van der Waals surface area contributed by atoms with Crippen molar-refractivity contribution in [2.45, 2.75) is 71.3 Å². The number of hydrogen-bond donors (Lipinski definition) is 2. The molecule has 0 saturated heterocycles. The van der Waals surface area contributed by atoms with Crippen LogP contribution in [0.5, 0.6) is 0 Å². The average Bonchev–Trinajstić information content (AvgIpc) is 2.36. The van der Waals surface area contributed by atoms with Crippen molar-refractivity contribution < 1.29 is 14.3 Å². The highest BCUT2D eigenvalue weighted by molar-refractivity contribution is 5.83. The Morgan fingerprint density at radius 3 is 2.35 bits per heavy atom. The van der Waals surface area contributed by atoms with Crippen molar-refractivity contribution in [2.75, 3.05) is 0 Å². The minimum absolute atomic E-state index is 0.108. The van der Waals surface area contributed by atoms with Crippen molar-refractivity contribution in [3.8, 4) is 0 Å². The second-order valence-electron chi connectivity index (χ2n) is 6.74. The maximum Gasteiger partial charge on any atom is 0.307 e. The predicted octanol–water partition coefficient (Wildman–Crippen LogP) is 2.29. The van der Waals surface area contributed by atoms with Crippen LogP contribution in [0.4, 0.5) is 0 Å². The quantitative estimate of drug-likeness (QED) is 0.351. The molecule has 20 heavy (non-hydrogen) atoms.